The highest BCUT2D eigenvalue weighted by molar-refractivity contribution is 5.83. The normalized spacial score (nSPS) is 23.8. The monoisotopic (exact) mass is 280 g/mol. The summed E-state index contributed by atoms with van der Waals surface area (Å²) in [4.78, 5) is 13.8. The molecule has 1 aliphatic rings. The first-order valence-electron chi connectivity index (χ1n) is 6.82. The topological polar surface area (TPSA) is 52.6 Å². The summed E-state index contributed by atoms with van der Waals surface area (Å²) in [7, 11) is 1.62. The zero-order valence-electron chi connectivity index (χ0n) is 12.1. The molecule has 1 amide bonds. The molecule has 2 rings (SSSR count). The number of carbonyl (C=O) groups is 1. The molecule has 2 N–H and O–H groups in total. The van der Waals surface area contributed by atoms with Crippen LogP contribution in [0.2, 0.25) is 0 Å². The number of nitrogens with one attached hydrogen (secondary N) is 1. The Morgan fingerprint density at radius 2 is 2.25 bits per heavy atom. The summed E-state index contributed by atoms with van der Waals surface area (Å²) < 4.78 is 14.1. The van der Waals surface area contributed by atoms with E-state index in [1.165, 1.54) is 6.07 Å². The van der Waals surface area contributed by atoms with Crippen LogP contribution in [-0.4, -0.2) is 31.2 Å². The van der Waals surface area contributed by atoms with Crippen molar-refractivity contribution < 1.29 is 14.3 Å². The Hall–Kier alpha value is -1.62. The molecule has 0 spiro atoms. The minimum atomic E-state index is -0.687. The predicted molar refractivity (Wildman–Crippen MR) is 76.0 cm³/mol. The van der Waals surface area contributed by atoms with E-state index in [9.17, 15) is 14.3 Å². The lowest BCUT2D eigenvalue weighted by atomic mass is 9.89. The first-order chi connectivity index (χ1) is 9.37. The molecule has 1 heterocycles. The average molecular weight is 280 g/mol. The van der Waals surface area contributed by atoms with Crippen LogP contribution in [0.1, 0.15) is 31.9 Å². The van der Waals surface area contributed by atoms with E-state index < -0.39 is 11.5 Å². The number of hydrogen-bond donors (Lipinski definition) is 2. The highest BCUT2D eigenvalue weighted by atomic mass is 19.1. The first kappa shape index (κ1) is 14.8. The fourth-order valence-electron chi connectivity index (χ4n) is 2.69. The summed E-state index contributed by atoms with van der Waals surface area (Å²) in [6.45, 7) is 4.65. The first-order valence-corrected chi connectivity index (χ1v) is 6.82. The number of benzene rings is 1. The number of rotatable bonds is 3. The highest BCUT2D eigenvalue weighted by Gasteiger charge is 2.40. The van der Waals surface area contributed by atoms with Crippen LogP contribution >= 0.6 is 0 Å². The lowest BCUT2D eigenvalue weighted by Crippen LogP contribution is -2.39. The Morgan fingerprint density at radius 3 is 2.80 bits per heavy atom. The van der Waals surface area contributed by atoms with Crippen molar-refractivity contribution in [2.45, 2.75) is 26.4 Å². The Bertz CT molecular complexity index is 519. The second-order valence-corrected chi connectivity index (χ2v) is 5.70. The molecule has 0 bridgehead atoms. The molecule has 0 aromatic heterocycles. The van der Waals surface area contributed by atoms with Gasteiger partial charge in [-0.05, 0) is 38.0 Å². The number of anilines is 1. The Kier molecular flexibility index (Phi) is 3.99. The van der Waals surface area contributed by atoms with E-state index in [0.29, 0.717) is 30.8 Å². The summed E-state index contributed by atoms with van der Waals surface area (Å²) in [6, 6.07) is 4.75. The molecular formula is C15H21FN2O2. The van der Waals surface area contributed by atoms with Gasteiger partial charge in [-0.1, -0.05) is 6.07 Å². The summed E-state index contributed by atoms with van der Waals surface area (Å²) in [5, 5.41) is 12.1. The SMILES string of the molecule is CNC(=O)C1(C)CCN(c2ccc([C@@H](C)O)cc2F)C1. The van der Waals surface area contributed by atoms with Gasteiger partial charge in [-0.3, -0.25) is 4.79 Å². The third-order valence-electron chi connectivity index (χ3n) is 4.04. The van der Waals surface area contributed by atoms with E-state index in [0.717, 1.165) is 0 Å². The molecule has 0 radical (unpaired) electrons. The van der Waals surface area contributed by atoms with Gasteiger partial charge in [0.25, 0.3) is 0 Å². The van der Waals surface area contributed by atoms with Crippen LogP contribution in [-0.2, 0) is 4.79 Å². The minimum absolute atomic E-state index is 0.0130. The maximum atomic E-state index is 14.1. The molecule has 0 saturated carbocycles. The Balaban J connectivity index is 2.20. The van der Waals surface area contributed by atoms with Crippen LogP contribution < -0.4 is 10.2 Å². The molecule has 1 saturated heterocycles. The fraction of sp³-hybridized carbons (Fsp3) is 0.533. The van der Waals surface area contributed by atoms with E-state index in [4.69, 9.17) is 0 Å². The van der Waals surface area contributed by atoms with Gasteiger partial charge in [-0.15, -0.1) is 0 Å². The van der Waals surface area contributed by atoms with Gasteiger partial charge < -0.3 is 15.3 Å². The summed E-state index contributed by atoms with van der Waals surface area (Å²) in [6.07, 6.45) is 0.0119. The van der Waals surface area contributed by atoms with E-state index in [1.54, 1.807) is 26.1 Å². The molecule has 5 heteroatoms. The number of halogens is 1. The van der Waals surface area contributed by atoms with Crippen molar-refractivity contribution in [1.29, 1.82) is 0 Å². The molecule has 20 heavy (non-hydrogen) atoms. The molecule has 2 atom stereocenters. The largest absolute Gasteiger partial charge is 0.389 e. The van der Waals surface area contributed by atoms with Crippen LogP contribution in [0.25, 0.3) is 0 Å². The van der Waals surface area contributed by atoms with E-state index in [-0.39, 0.29) is 11.7 Å². The maximum absolute atomic E-state index is 14.1. The quantitative estimate of drug-likeness (QED) is 0.888. The molecule has 110 valence electrons. The molecule has 4 nitrogen and oxygen atoms in total. The van der Waals surface area contributed by atoms with Gasteiger partial charge in [0, 0.05) is 20.1 Å². The molecule has 1 aromatic rings. The van der Waals surface area contributed by atoms with Crippen molar-refractivity contribution in [1.82, 2.24) is 5.32 Å². The van der Waals surface area contributed by atoms with E-state index >= 15 is 0 Å². The third kappa shape index (κ3) is 2.63. The average Bonchev–Trinajstić information content (AvgIpc) is 2.81. The van der Waals surface area contributed by atoms with Gasteiger partial charge in [0.15, 0.2) is 0 Å². The maximum Gasteiger partial charge on any atom is 0.227 e. The van der Waals surface area contributed by atoms with Gasteiger partial charge in [-0.2, -0.15) is 0 Å². The summed E-state index contributed by atoms with van der Waals surface area (Å²) >= 11 is 0. The number of hydrogen-bond acceptors (Lipinski definition) is 3. The zero-order chi connectivity index (χ0) is 14.9. The van der Waals surface area contributed by atoms with E-state index in [2.05, 4.69) is 5.32 Å². The summed E-state index contributed by atoms with van der Waals surface area (Å²) in [5.74, 6) is -0.370. The second kappa shape index (κ2) is 5.40. The van der Waals surface area contributed by atoms with E-state index in [1.807, 2.05) is 11.8 Å². The second-order valence-electron chi connectivity index (χ2n) is 5.70. The van der Waals surface area contributed by atoms with Crippen LogP contribution in [0.3, 0.4) is 0 Å². The van der Waals surface area contributed by atoms with Gasteiger partial charge in [0.1, 0.15) is 5.82 Å². The highest BCUT2D eigenvalue weighted by Crippen LogP contribution is 2.35. The van der Waals surface area contributed by atoms with Crippen LogP contribution in [0.5, 0.6) is 0 Å². The standard InChI is InChI=1S/C15H21FN2O2/c1-10(19)11-4-5-13(12(16)8-11)18-7-6-15(2,9-18)14(20)17-3/h4-5,8,10,19H,6-7,9H2,1-3H3,(H,17,20)/t10-,15?/m1/s1. The third-order valence-corrected chi connectivity index (χ3v) is 4.04. The minimum Gasteiger partial charge on any atom is -0.389 e. The smallest absolute Gasteiger partial charge is 0.227 e. The van der Waals surface area contributed by atoms with Gasteiger partial charge in [0.2, 0.25) is 5.91 Å². The number of nitrogens with zero attached hydrogens (tertiary/aromatic N) is 1. The van der Waals surface area contributed by atoms with Crippen molar-refractivity contribution in [2.75, 3.05) is 25.0 Å². The predicted octanol–water partition coefficient (Wildman–Crippen LogP) is 1.84. The molecule has 1 fully saturated rings. The van der Waals surface area contributed by atoms with Crippen LogP contribution in [0, 0.1) is 11.2 Å². The van der Waals surface area contributed by atoms with Gasteiger partial charge in [-0.25, -0.2) is 4.39 Å². The summed E-state index contributed by atoms with van der Waals surface area (Å²) in [5.41, 5.74) is 0.561. The van der Waals surface area contributed by atoms with Crippen molar-refractivity contribution in [3.05, 3.63) is 29.6 Å². The molecule has 1 aromatic carbocycles. The van der Waals surface area contributed by atoms with Gasteiger partial charge >= 0.3 is 0 Å². The fourth-order valence-corrected chi connectivity index (χ4v) is 2.69. The Labute approximate surface area is 118 Å². The number of amides is 1. The zero-order valence-corrected chi connectivity index (χ0v) is 12.1. The Morgan fingerprint density at radius 1 is 1.55 bits per heavy atom. The van der Waals surface area contributed by atoms with Crippen molar-refractivity contribution in [2.24, 2.45) is 5.41 Å². The number of carbonyl (C=O) groups excluding carboxylic acids is 1. The molecule has 1 aliphatic heterocycles. The number of aliphatic hydroxyl groups is 1. The lowest BCUT2D eigenvalue weighted by Gasteiger charge is -2.24. The molecular weight excluding hydrogens is 259 g/mol. The van der Waals surface area contributed by atoms with Crippen molar-refractivity contribution >= 4 is 11.6 Å². The van der Waals surface area contributed by atoms with Crippen molar-refractivity contribution in [3.8, 4) is 0 Å². The van der Waals surface area contributed by atoms with Crippen molar-refractivity contribution in [3.63, 3.8) is 0 Å². The molecule has 1 unspecified atom stereocenters. The lowest BCUT2D eigenvalue weighted by molar-refractivity contribution is -0.128. The van der Waals surface area contributed by atoms with Gasteiger partial charge in [0.05, 0.1) is 17.2 Å². The molecule has 0 aliphatic carbocycles. The number of aliphatic hydroxyl groups excluding tert-OH is 1. The van der Waals surface area contributed by atoms with Crippen LogP contribution in [0.15, 0.2) is 18.2 Å². The van der Waals surface area contributed by atoms with Crippen LogP contribution in [0.4, 0.5) is 10.1 Å².